The van der Waals surface area contributed by atoms with E-state index in [0.29, 0.717) is 18.0 Å². The Hall–Kier alpha value is -2.94. The fraction of sp³-hybridized carbons (Fsp3) is 0.409. The zero-order valence-electron chi connectivity index (χ0n) is 17.6. The summed E-state index contributed by atoms with van der Waals surface area (Å²) in [5.41, 5.74) is 2.02. The summed E-state index contributed by atoms with van der Waals surface area (Å²) < 4.78 is 34.6. The van der Waals surface area contributed by atoms with Gasteiger partial charge in [-0.2, -0.15) is 8.42 Å². The molecular weight excluding hydrogens is 416 g/mol. The fourth-order valence-electron chi connectivity index (χ4n) is 3.56. The monoisotopic (exact) mass is 444 g/mol. The van der Waals surface area contributed by atoms with Gasteiger partial charge in [-0.3, -0.25) is 0 Å². The van der Waals surface area contributed by atoms with Gasteiger partial charge in [0.1, 0.15) is 5.75 Å². The van der Waals surface area contributed by atoms with Gasteiger partial charge in [0.25, 0.3) is 0 Å². The number of benzene rings is 2. The third-order valence-corrected chi connectivity index (χ3v) is 7.20. The Labute approximate surface area is 183 Å². The summed E-state index contributed by atoms with van der Waals surface area (Å²) in [5, 5.41) is 5.49. The number of unbranched alkanes of at least 4 members (excludes halogenated alkanes) is 1. The summed E-state index contributed by atoms with van der Waals surface area (Å²) in [4.78, 5) is 12.2. The number of anilines is 3. The van der Waals surface area contributed by atoms with Crippen molar-refractivity contribution in [3.8, 4) is 5.75 Å². The average Bonchev–Trinajstić information content (AvgIpc) is 3.55. The Morgan fingerprint density at radius 3 is 2.48 bits per heavy atom. The lowest BCUT2D eigenvalue weighted by atomic mass is 10.2. The number of urea groups is 1. The number of hydrogen-bond acceptors (Lipinski definition) is 4. The molecule has 9 heteroatoms. The number of carbonyl (C=O) groups is 1. The first-order chi connectivity index (χ1) is 15.0. The van der Waals surface area contributed by atoms with Crippen LogP contribution in [-0.2, 0) is 10.2 Å². The van der Waals surface area contributed by atoms with E-state index in [0.717, 1.165) is 37.1 Å². The highest BCUT2D eigenvalue weighted by molar-refractivity contribution is 7.94. The lowest BCUT2D eigenvalue weighted by Gasteiger charge is -2.21. The number of ether oxygens (including phenoxy) is 1. The molecule has 2 N–H and O–H groups in total. The molecule has 0 aromatic heterocycles. The second-order valence-corrected chi connectivity index (χ2v) is 9.43. The molecular formula is C22H28N4O4S. The van der Waals surface area contributed by atoms with Crippen molar-refractivity contribution in [1.29, 1.82) is 0 Å². The standard InChI is InChI=1S/C22H28N4O4S/c1-2-3-16-30-19-12-8-17(9-13-19)24-22(27)23-14-15-25-20-6-4-5-7-21(20)26(18-10-11-18)31(25,28)29/h4-9,12-13,18H,2-3,10-11,14-16H2,1H3,(H2,23,24,27). The molecule has 2 aliphatic rings. The number of fused-ring (bicyclic) bond motifs is 1. The minimum Gasteiger partial charge on any atom is -0.494 e. The second kappa shape index (κ2) is 9.05. The molecule has 2 amide bonds. The molecule has 2 aromatic rings. The first-order valence-corrected chi connectivity index (χ1v) is 12.1. The summed E-state index contributed by atoms with van der Waals surface area (Å²) >= 11 is 0. The maximum absolute atomic E-state index is 13.0. The molecule has 8 nitrogen and oxygen atoms in total. The van der Waals surface area contributed by atoms with Crippen LogP contribution in [0.25, 0.3) is 0 Å². The fourth-order valence-corrected chi connectivity index (χ4v) is 5.49. The van der Waals surface area contributed by atoms with Crippen LogP contribution < -0.4 is 24.0 Å². The van der Waals surface area contributed by atoms with Gasteiger partial charge in [-0.1, -0.05) is 25.5 Å². The highest BCUT2D eigenvalue weighted by Crippen LogP contribution is 2.46. The number of nitrogens with zero attached hydrogens (tertiary/aromatic N) is 2. The van der Waals surface area contributed by atoms with Crippen molar-refractivity contribution in [1.82, 2.24) is 5.32 Å². The highest BCUT2D eigenvalue weighted by atomic mass is 32.2. The van der Waals surface area contributed by atoms with Gasteiger partial charge < -0.3 is 15.4 Å². The van der Waals surface area contributed by atoms with Gasteiger partial charge in [-0.15, -0.1) is 0 Å². The molecule has 166 valence electrons. The van der Waals surface area contributed by atoms with E-state index in [-0.39, 0.29) is 25.2 Å². The topological polar surface area (TPSA) is 91.0 Å². The summed E-state index contributed by atoms with van der Waals surface area (Å²) in [6, 6.07) is 14.1. The molecule has 0 unspecified atom stereocenters. The van der Waals surface area contributed by atoms with Crippen molar-refractivity contribution < 1.29 is 17.9 Å². The Morgan fingerprint density at radius 1 is 1.10 bits per heavy atom. The predicted octanol–water partition coefficient (Wildman–Crippen LogP) is 3.72. The Bertz CT molecular complexity index is 1020. The van der Waals surface area contributed by atoms with Crippen LogP contribution in [0.3, 0.4) is 0 Å². The molecule has 0 spiro atoms. The molecule has 2 aromatic carbocycles. The number of hydrogen-bond donors (Lipinski definition) is 2. The minimum atomic E-state index is -3.61. The van der Waals surface area contributed by atoms with Crippen LogP contribution in [0.15, 0.2) is 48.5 Å². The summed E-state index contributed by atoms with van der Waals surface area (Å²) in [5.74, 6) is 0.762. The lowest BCUT2D eigenvalue weighted by molar-refractivity contribution is 0.252. The minimum absolute atomic E-state index is 0.0429. The Kier molecular flexibility index (Phi) is 6.22. The number of amides is 2. The molecule has 0 atom stereocenters. The van der Waals surface area contributed by atoms with Crippen LogP contribution in [0, 0.1) is 0 Å². The highest BCUT2D eigenvalue weighted by Gasteiger charge is 2.47. The van der Waals surface area contributed by atoms with Crippen LogP contribution in [0.5, 0.6) is 5.75 Å². The van der Waals surface area contributed by atoms with Gasteiger partial charge in [0.15, 0.2) is 0 Å². The van der Waals surface area contributed by atoms with Crippen molar-refractivity contribution in [3.63, 3.8) is 0 Å². The lowest BCUT2D eigenvalue weighted by Crippen LogP contribution is -2.43. The zero-order chi connectivity index (χ0) is 21.8. The number of carbonyl (C=O) groups excluding carboxylic acids is 1. The third-order valence-electron chi connectivity index (χ3n) is 5.27. The Morgan fingerprint density at radius 2 is 1.81 bits per heavy atom. The molecule has 1 aliphatic heterocycles. The largest absolute Gasteiger partial charge is 0.494 e. The number of rotatable bonds is 9. The summed E-state index contributed by atoms with van der Waals surface area (Å²) in [7, 11) is -3.61. The number of nitrogens with one attached hydrogen (secondary N) is 2. The van der Waals surface area contributed by atoms with Crippen molar-refractivity contribution in [2.45, 2.75) is 38.6 Å². The maximum Gasteiger partial charge on any atom is 0.326 e. The van der Waals surface area contributed by atoms with Gasteiger partial charge >= 0.3 is 16.2 Å². The quantitative estimate of drug-likeness (QED) is 0.577. The van der Waals surface area contributed by atoms with Gasteiger partial charge in [-0.25, -0.2) is 13.4 Å². The van der Waals surface area contributed by atoms with Crippen molar-refractivity contribution in [2.75, 3.05) is 33.6 Å². The van der Waals surface area contributed by atoms with Crippen molar-refractivity contribution in [3.05, 3.63) is 48.5 Å². The van der Waals surface area contributed by atoms with E-state index < -0.39 is 10.2 Å². The molecule has 1 heterocycles. The van der Waals surface area contributed by atoms with Crippen LogP contribution in [0.1, 0.15) is 32.6 Å². The van der Waals surface area contributed by atoms with Crippen LogP contribution in [0.4, 0.5) is 21.9 Å². The van der Waals surface area contributed by atoms with E-state index in [1.807, 2.05) is 30.3 Å². The molecule has 1 aliphatic carbocycles. The SMILES string of the molecule is CCCCOc1ccc(NC(=O)NCCN2c3ccccc3N(C3CC3)S2(=O)=O)cc1. The van der Waals surface area contributed by atoms with E-state index in [1.54, 1.807) is 18.2 Å². The molecule has 1 saturated carbocycles. The van der Waals surface area contributed by atoms with E-state index >= 15 is 0 Å². The van der Waals surface area contributed by atoms with E-state index in [2.05, 4.69) is 17.6 Å². The van der Waals surface area contributed by atoms with Gasteiger partial charge in [0, 0.05) is 18.3 Å². The first kappa shape index (κ1) is 21.3. The molecule has 31 heavy (non-hydrogen) atoms. The van der Waals surface area contributed by atoms with Gasteiger partial charge in [0.05, 0.1) is 24.5 Å². The molecule has 1 fully saturated rings. The molecule has 0 saturated heterocycles. The van der Waals surface area contributed by atoms with Crippen molar-refractivity contribution in [2.24, 2.45) is 0 Å². The molecule has 0 radical (unpaired) electrons. The average molecular weight is 445 g/mol. The maximum atomic E-state index is 13.0. The Balaban J connectivity index is 1.30. The summed E-state index contributed by atoms with van der Waals surface area (Å²) in [6.07, 6.45) is 3.83. The first-order valence-electron chi connectivity index (χ1n) is 10.7. The van der Waals surface area contributed by atoms with E-state index in [1.165, 1.54) is 8.61 Å². The van der Waals surface area contributed by atoms with E-state index in [9.17, 15) is 13.2 Å². The van der Waals surface area contributed by atoms with Crippen LogP contribution >= 0.6 is 0 Å². The predicted molar refractivity (Wildman–Crippen MR) is 122 cm³/mol. The zero-order valence-corrected chi connectivity index (χ0v) is 18.4. The second-order valence-electron chi connectivity index (χ2n) is 7.70. The molecule has 0 bridgehead atoms. The molecule has 4 rings (SSSR count). The smallest absolute Gasteiger partial charge is 0.326 e. The van der Waals surface area contributed by atoms with Crippen LogP contribution in [0.2, 0.25) is 0 Å². The van der Waals surface area contributed by atoms with Gasteiger partial charge in [0.2, 0.25) is 0 Å². The van der Waals surface area contributed by atoms with Crippen LogP contribution in [-0.4, -0.2) is 40.2 Å². The normalized spacial score (nSPS) is 16.7. The number of para-hydroxylation sites is 2. The third kappa shape index (κ3) is 4.71. The van der Waals surface area contributed by atoms with Gasteiger partial charge in [-0.05, 0) is 55.7 Å². The summed E-state index contributed by atoms with van der Waals surface area (Å²) in [6.45, 7) is 3.14. The van der Waals surface area contributed by atoms with E-state index in [4.69, 9.17) is 4.74 Å². The van der Waals surface area contributed by atoms with Crippen molar-refractivity contribution >= 4 is 33.3 Å².